The molecule has 2 rings (SSSR count). The number of nitrogens with zero attached hydrogens (tertiary/aromatic N) is 1. The van der Waals surface area contributed by atoms with Crippen LogP contribution in [0.25, 0.3) is 0 Å². The summed E-state index contributed by atoms with van der Waals surface area (Å²) >= 11 is 0. The summed E-state index contributed by atoms with van der Waals surface area (Å²) in [6.07, 6.45) is 1.88. The zero-order chi connectivity index (χ0) is 15.4. The molecule has 0 aliphatic heterocycles. The maximum atomic E-state index is 12.4. The zero-order valence-electron chi connectivity index (χ0n) is 12.0. The van der Waals surface area contributed by atoms with E-state index in [1.165, 1.54) is 14.2 Å². The van der Waals surface area contributed by atoms with E-state index in [0.29, 0.717) is 17.1 Å². The van der Waals surface area contributed by atoms with Crippen LogP contribution >= 0.6 is 0 Å². The van der Waals surface area contributed by atoms with Crippen molar-refractivity contribution in [1.82, 2.24) is 5.32 Å². The summed E-state index contributed by atoms with van der Waals surface area (Å²) in [6, 6.07) is 4.48. The van der Waals surface area contributed by atoms with Crippen molar-refractivity contribution in [2.24, 2.45) is 16.8 Å². The highest BCUT2D eigenvalue weighted by Gasteiger charge is 2.35. The lowest BCUT2D eigenvalue weighted by Crippen LogP contribution is -2.46. The highest BCUT2D eigenvalue weighted by atomic mass is 16.5. The number of amidine groups is 1. The van der Waals surface area contributed by atoms with Crippen LogP contribution in [0.1, 0.15) is 23.2 Å². The molecule has 0 saturated heterocycles. The number of carbonyl (C=O) groups is 1. The number of nitrogens with one attached hydrogen (secondary N) is 1. The molecular weight excluding hydrogens is 274 g/mol. The van der Waals surface area contributed by atoms with Gasteiger partial charge in [0.05, 0.1) is 25.8 Å². The highest BCUT2D eigenvalue weighted by molar-refractivity contribution is 6.00. The molecule has 1 aromatic rings. The third-order valence-electron chi connectivity index (χ3n) is 3.47. The van der Waals surface area contributed by atoms with Gasteiger partial charge in [0.1, 0.15) is 11.5 Å². The van der Waals surface area contributed by atoms with Gasteiger partial charge >= 0.3 is 0 Å². The Morgan fingerprint density at radius 2 is 2.14 bits per heavy atom. The summed E-state index contributed by atoms with van der Waals surface area (Å²) in [5.74, 6) is 0.846. The first-order valence-corrected chi connectivity index (χ1v) is 6.61. The normalized spacial score (nSPS) is 16.2. The van der Waals surface area contributed by atoms with Gasteiger partial charge in [-0.3, -0.25) is 4.79 Å². The molecule has 1 saturated carbocycles. The molecule has 114 valence electrons. The summed E-state index contributed by atoms with van der Waals surface area (Å²) in [7, 11) is 3.01. The molecule has 7 nitrogen and oxygen atoms in total. The number of benzene rings is 1. The van der Waals surface area contributed by atoms with E-state index < -0.39 is 6.04 Å². The van der Waals surface area contributed by atoms with E-state index >= 15 is 0 Å². The van der Waals surface area contributed by atoms with Crippen molar-refractivity contribution in [3.8, 4) is 11.5 Å². The molecule has 1 aliphatic rings. The van der Waals surface area contributed by atoms with Crippen LogP contribution < -0.4 is 20.5 Å². The van der Waals surface area contributed by atoms with Gasteiger partial charge in [0.2, 0.25) is 0 Å². The molecule has 0 heterocycles. The fraction of sp³-hybridized carbons (Fsp3) is 0.429. The van der Waals surface area contributed by atoms with E-state index in [0.717, 1.165) is 12.8 Å². The van der Waals surface area contributed by atoms with Crippen LogP contribution in [0.5, 0.6) is 11.5 Å². The van der Waals surface area contributed by atoms with Gasteiger partial charge in [0.25, 0.3) is 5.91 Å². The second-order valence-electron chi connectivity index (χ2n) is 4.88. The van der Waals surface area contributed by atoms with Crippen LogP contribution in [0.15, 0.2) is 23.4 Å². The first-order chi connectivity index (χ1) is 10.1. The number of oxime groups is 1. The van der Waals surface area contributed by atoms with Gasteiger partial charge in [-0.15, -0.1) is 0 Å². The van der Waals surface area contributed by atoms with Crippen molar-refractivity contribution in [3.05, 3.63) is 23.8 Å². The molecule has 1 fully saturated rings. The number of nitrogens with two attached hydrogens (primary N) is 1. The fourth-order valence-corrected chi connectivity index (χ4v) is 2.14. The van der Waals surface area contributed by atoms with E-state index in [2.05, 4.69) is 10.5 Å². The maximum Gasteiger partial charge on any atom is 0.255 e. The zero-order valence-corrected chi connectivity index (χ0v) is 12.0. The number of rotatable bonds is 6. The number of carbonyl (C=O) groups excluding carboxylic acids is 1. The number of ether oxygens (including phenoxy) is 2. The van der Waals surface area contributed by atoms with Crippen LogP contribution in [0, 0.1) is 5.92 Å². The van der Waals surface area contributed by atoms with Crippen LogP contribution in [0.3, 0.4) is 0 Å². The standard InChI is InChI=1S/C14H19N3O4/c1-20-9-5-6-11(21-2)10(7-9)14(18)16-12(8-3-4-8)13(15)17-19/h5-8,12,19H,3-4H2,1-2H3,(H2,15,17)(H,16,18). The van der Waals surface area contributed by atoms with E-state index in [-0.39, 0.29) is 17.7 Å². The van der Waals surface area contributed by atoms with Crippen molar-refractivity contribution < 1.29 is 19.5 Å². The molecular formula is C14H19N3O4. The summed E-state index contributed by atoms with van der Waals surface area (Å²) in [4.78, 5) is 12.4. The third-order valence-corrected chi connectivity index (χ3v) is 3.47. The first kappa shape index (κ1) is 15.0. The van der Waals surface area contributed by atoms with Crippen LogP contribution in [0.4, 0.5) is 0 Å². The van der Waals surface area contributed by atoms with Crippen molar-refractivity contribution in [3.63, 3.8) is 0 Å². The molecule has 7 heteroatoms. The minimum Gasteiger partial charge on any atom is -0.497 e. The molecule has 0 spiro atoms. The van der Waals surface area contributed by atoms with Gasteiger partial charge in [-0.1, -0.05) is 5.16 Å². The van der Waals surface area contributed by atoms with Gasteiger partial charge in [0, 0.05) is 0 Å². The molecule has 0 aromatic heterocycles. The molecule has 1 atom stereocenters. The minimum absolute atomic E-state index is 0.00714. The molecule has 21 heavy (non-hydrogen) atoms. The molecule has 1 aromatic carbocycles. The van der Waals surface area contributed by atoms with Gasteiger partial charge in [-0.2, -0.15) is 0 Å². The Morgan fingerprint density at radius 1 is 1.43 bits per heavy atom. The second kappa shape index (κ2) is 6.34. The van der Waals surface area contributed by atoms with Crippen LogP contribution in [-0.2, 0) is 0 Å². The average molecular weight is 293 g/mol. The SMILES string of the molecule is COc1ccc(OC)c(C(=O)NC(C(N)=NO)C2CC2)c1. The second-order valence-corrected chi connectivity index (χ2v) is 4.88. The van der Waals surface area contributed by atoms with Crippen LogP contribution in [-0.4, -0.2) is 37.2 Å². The minimum atomic E-state index is -0.474. The van der Waals surface area contributed by atoms with Crippen molar-refractivity contribution in [2.45, 2.75) is 18.9 Å². The number of amides is 1. The van der Waals surface area contributed by atoms with Crippen LogP contribution in [0.2, 0.25) is 0 Å². The Bertz CT molecular complexity index is 555. The smallest absolute Gasteiger partial charge is 0.255 e. The maximum absolute atomic E-state index is 12.4. The molecule has 4 N–H and O–H groups in total. The number of hydrogen-bond donors (Lipinski definition) is 3. The Labute approximate surface area is 122 Å². The summed E-state index contributed by atoms with van der Waals surface area (Å²) in [5, 5.41) is 14.6. The van der Waals surface area contributed by atoms with E-state index in [9.17, 15) is 4.79 Å². The predicted molar refractivity (Wildman–Crippen MR) is 76.9 cm³/mol. The Kier molecular flexibility index (Phi) is 4.52. The van der Waals surface area contributed by atoms with Crippen molar-refractivity contribution >= 4 is 11.7 Å². The fourth-order valence-electron chi connectivity index (χ4n) is 2.14. The molecule has 1 amide bonds. The van der Waals surface area contributed by atoms with E-state index in [4.69, 9.17) is 20.4 Å². The molecule has 1 unspecified atom stereocenters. The van der Waals surface area contributed by atoms with E-state index in [1.807, 2.05) is 0 Å². The largest absolute Gasteiger partial charge is 0.497 e. The van der Waals surface area contributed by atoms with Gasteiger partial charge in [-0.05, 0) is 37.0 Å². The number of hydrogen-bond acceptors (Lipinski definition) is 5. The topological polar surface area (TPSA) is 106 Å². The van der Waals surface area contributed by atoms with Crippen molar-refractivity contribution in [2.75, 3.05) is 14.2 Å². The quantitative estimate of drug-likeness (QED) is 0.313. The molecule has 0 bridgehead atoms. The molecule has 0 radical (unpaired) electrons. The lowest BCUT2D eigenvalue weighted by molar-refractivity contribution is 0.0939. The number of methoxy groups -OCH3 is 2. The summed E-state index contributed by atoms with van der Waals surface area (Å²) in [5.41, 5.74) is 5.98. The van der Waals surface area contributed by atoms with E-state index in [1.54, 1.807) is 18.2 Å². The van der Waals surface area contributed by atoms with Gasteiger partial charge in [0.15, 0.2) is 5.84 Å². The predicted octanol–water partition coefficient (Wildman–Crippen LogP) is 0.959. The highest BCUT2D eigenvalue weighted by Crippen LogP contribution is 2.33. The lowest BCUT2D eigenvalue weighted by Gasteiger charge is -2.18. The third kappa shape index (κ3) is 3.36. The summed E-state index contributed by atoms with van der Waals surface area (Å²) < 4.78 is 10.3. The van der Waals surface area contributed by atoms with Crippen molar-refractivity contribution in [1.29, 1.82) is 0 Å². The average Bonchev–Trinajstić information content (AvgIpc) is 3.35. The van der Waals surface area contributed by atoms with Gasteiger partial charge in [-0.25, -0.2) is 0 Å². The summed E-state index contributed by atoms with van der Waals surface area (Å²) in [6.45, 7) is 0. The first-order valence-electron chi connectivity index (χ1n) is 6.61. The Morgan fingerprint density at radius 3 is 2.67 bits per heavy atom. The molecule has 1 aliphatic carbocycles. The monoisotopic (exact) mass is 293 g/mol. The Balaban J connectivity index is 2.22. The van der Waals surface area contributed by atoms with Gasteiger partial charge < -0.3 is 25.7 Å². The lowest BCUT2D eigenvalue weighted by atomic mass is 10.1. The Hall–Kier alpha value is -2.44.